The lowest BCUT2D eigenvalue weighted by molar-refractivity contribution is 0.182. The van der Waals surface area contributed by atoms with E-state index < -0.39 is 0 Å². The number of nitrogens with zero attached hydrogens (tertiary/aromatic N) is 1. The highest BCUT2D eigenvalue weighted by Gasteiger charge is 2.26. The second-order valence-electron chi connectivity index (χ2n) is 7.09. The molecule has 1 aromatic heterocycles. The van der Waals surface area contributed by atoms with E-state index in [4.69, 9.17) is 4.74 Å². The number of rotatable bonds is 6. The Morgan fingerprint density at radius 3 is 2.88 bits per heavy atom. The van der Waals surface area contributed by atoms with Crippen LogP contribution in [0.25, 0.3) is 0 Å². The summed E-state index contributed by atoms with van der Waals surface area (Å²) in [5.74, 6) is 1.15. The number of hydrogen-bond donors (Lipinski definition) is 0. The van der Waals surface area contributed by atoms with E-state index >= 15 is 0 Å². The zero-order valence-electron chi connectivity index (χ0n) is 15.0. The van der Waals surface area contributed by atoms with E-state index in [9.17, 15) is 0 Å². The van der Waals surface area contributed by atoms with Crippen LogP contribution in [-0.2, 0) is 25.7 Å². The molecule has 0 amide bonds. The number of thiophene rings is 1. The minimum absolute atomic E-state index is 0. The van der Waals surface area contributed by atoms with Crippen LogP contribution in [0.1, 0.15) is 41.3 Å². The minimum atomic E-state index is 0. The highest BCUT2D eigenvalue weighted by molar-refractivity contribution is 7.09. The van der Waals surface area contributed by atoms with Gasteiger partial charge in [0.2, 0.25) is 0 Å². The van der Waals surface area contributed by atoms with E-state index in [0.717, 1.165) is 18.8 Å². The zero-order chi connectivity index (χ0) is 16.4. The molecular formula is C21H28ClNOS. The molecule has 1 aliphatic carbocycles. The Morgan fingerprint density at radius 1 is 1.16 bits per heavy atom. The third-order valence-electron chi connectivity index (χ3n) is 5.47. The molecule has 2 heterocycles. The van der Waals surface area contributed by atoms with Crippen LogP contribution >= 0.6 is 23.7 Å². The highest BCUT2D eigenvalue weighted by atomic mass is 35.5. The Kier molecular flexibility index (Phi) is 6.43. The van der Waals surface area contributed by atoms with Crippen molar-refractivity contribution in [2.75, 3.05) is 19.7 Å². The van der Waals surface area contributed by atoms with Gasteiger partial charge in [0.1, 0.15) is 5.75 Å². The standard InChI is InChI=1S/C21H27NOS.ClH/c1-2-9-22(10-7-20-4-3-12-24-20)19-6-5-16-13-17-8-11-23-21(17)15-18(16)14-19;/h3-4,12-13,15,19H,2,5-11,14H2,1H3;1H. The lowest BCUT2D eigenvalue weighted by atomic mass is 9.86. The molecule has 0 radical (unpaired) electrons. The third kappa shape index (κ3) is 4.21. The van der Waals surface area contributed by atoms with Crippen LogP contribution < -0.4 is 4.74 Å². The normalized spacial score (nSPS) is 18.4. The maximum Gasteiger partial charge on any atom is 0.122 e. The van der Waals surface area contributed by atoms with Gasteiger partial charge in [0.15, 0.2) is 0 Å². The van der Waals surface area contributed by atoms with E-state index in [-0.39, 0.29) is 12.4 Å². The smallest absolute Gasteiger partial charge is 0.122 e. The second kappa shape index (κ2) is 8.57. The van der Waals surface area contributed by atoms with Crippen molar-refractivity contribution in [2.45, 2.75) is 51.5 Å². The molecule has 0 spiro atoms. The first-order valence-corrected chi connectivity index (χ1v) is 10.3. The first-order chi connectivity index (χ1) is 11.8. The molecule has 1 unspecified atom stereocenters. The van der Waals surface area contributed by atoms with Crippen molar-refractivity contribution in [3.8, 4) is 5.75 Å². The number of hydrogen-bond acceptors (Lipinski definition) is 3. The van der Waals surface area contributed by atoms with Crippen molar-refractivity contribution in [1.82, 2.24) is 4.90 Å². The number of aryl methyl sites for hydroxylation is 1. The Balaban J connectivity index is 0.00000182. The van der Waals surface area contributed by atoms with Crippen LogP contribution in [0.2, 0.25) is 0 Å². The maximum atomic E-state index is 5.79. The molecule has 25 heavy (non-hydrogen) atoms. The summed E-state index contributed by atoms with van der Waals surface area (Å²) in [5.41, 5.74) is 4.53. The van der Waals surface area contributed by atoms with Crippen LogP contribution in [0.15, 0.2) is 29.6 Å². The molecule has 0 bridgehead atoms. The van der Waals surface area contributed by atoms with Gasteiger partial charge in [-0.2, -0.15) is 0 Å². The molecule has 0 fully saturated rings. The molecule has 1 aromatic carbocycles. The summed E-state index contributed by atoms with van der Waals surface area (Å²) in [4.78, 5) is 4.25. The molecule has 4 rings (SSSR count). The summed E-state index contributed by atoms with van der Waals surface area (Å²) in [6.45, 7) is 5.57. The van der Waals surface area contributed by atoms with Gasteiger partial charge >= 0.3 is 0 Å². The molecule has 4 heteroatoms. The fraction of sp³-hybridized carbons (Fsp3) is 0.524. The third-order valence-corrected chi connectivity index (χ3v) is 6.40. The molecule has 0 saturated heterocycles. The summed E-state index contributed by atoms with van der Waals surface area (Å²) in [6.07, 6.45) is 7.24. The van der Waals surface area contributed by atoms with Crippen LogP contribution in [0.4, 0.5) is 0 Å². The van der Waals surface area contributed by atoms with Crippen molar-refractivity contribution in [1.29, 1.82) is 0 Å². The van der Waals surface area contributed by atoms with E-state index in [1.54, 1.807) is 5.56 Å². The first kappa shape index (κ1) is 18.8. The van der Waals surface area contributed by atoms with Gasteiger partial charge < -0.3 is 4.74 Å². The molecule has 1 atom stereocenters. The molecule has 2 aliphatic rings. The van der Waals surface area contributed by atoms with Gasteiger partial charge in [-0.1, -0.05) is 19.1 Å². The van der Waals surface area contributed by atoms with E-state index in [0.29, 0.717) is 6.04 Å². The lowest BCUT2D eigenvalue weighted by Crippen LogP contribution is -2.41. The van der Waals surface area contributed by atoms with Gasteiger partial charge in [-0.05, 0) is 72.9 Å². The van der Waals surface area contributed by atoms with Crippen LogP contribution in [0.3, 0.4) is 0 Å². The van der Waals surface area contributed by atoms with Gasteiger partial charge in [-0.15, -0.1) is 23.7 Å². The van der Waals surface area contributed by atoms with E-state index in [1.807, 2.05) is 11.3 Å². The highest BCUT2D eigenvalue weighted by Crippen LogP contribution is 2.33. The SMILES string of the molecule is CCCN(CCc1cccs1)C1CCc2cc3c(cc2C1)OCC3.Cl. The Morgan fingerprint density at radius 2 is 2.08 bits per heavy atom. The van der Waals surface area contributed by atoms with Gasteiger partial charge in [0.05, 0.1) is 6.61 Å². The van der Waals surface area contributed by atoms with Gasteiger partial charge in [-0.3, -0.25) is 4.90 Å². The molecule has 2 nitrogen and oxygen atoms in total. The number of fused-ring (bicyclic) bond motifs is 2. The van der Waals surface area contributed by atoms with Gasteiger partial charge in [0.25, 0.3) is 0 Å². The van der Waals surface area contributed by atoms with Crippen molar-refractivity contribution < 1.29 is 4.74 Å². The lowest BCUT2D eigenvalue weighted by Gasteiger charge is -2.35. The monoisotopic (exact) mass is 377 g/mol. The molecule has 0 saturated carbocycles. The van der Waals surface area contributed by atoms with Gasteiger partial charge in [-0.25, -0.2) is 0 Å². The Labute approximate surface area is 161 Å². The summed E-state index contributed by atoms with van der Waals surface area (Å²) < 4.78 is 5.79. The zero-order valence-corrected chi connectivity index (χ0v) is 16.6. The maximum absolute atomic E-state index is 5.79. The van der Waals surface area contributed by atoms with E-state index in [2.05, 4.69) is 41.5 Å². The molecule has 2 aromatic rings. The summed E-state index contributed by atoms with van der Waals surface area (Å²) in [6, 6.07) is 9.89. The Hall–Kier alpha value is -1.03. The average molecular weight is 378 g/mol. The second-order valence-corrected chi connectivity index (χ2v) is 8.12. The molecule has 136 valence electrons. The number of halogens is 1. The summed E-state index contributed by atoms with van der Waals surface area (Å²) in [5, 5.41) is 2.19. The van der Waals surface area contributed by atoms with Crippen molar-refractivity contribution in [2.24, 2.45) is 0 Å². The van der Waals surface area contributed by atoms with Crippen LogP contribution in [0, 0.1) is 0 Å². The summed E-state index contributed by atoms with van der Waals surface area (Å²) >= 11 is 1.89. The number of ether oxygens (including phenoxy) is 1. The predicted molar refractivity (Wildman–Crippen MR) is 109 cm³/mol. The quantitative estimate of drug-likeness (QED) is 0.708. The average Bonchev–Trinajstić information content (AvgIpc) is 3.27. The molecular weight excluding hydrogens is 350 g/mol. The molecule has 0 N–H and O–H groups in total. The first-order valence-electron chi connectivity index (χ1n) is 9.37. The van der Waals surface area contributed by atoms with Crippen molar-refractivity contribution >= 4 is 23.7 Å². The van der Waals surface area contributed by atoms with Gasteiger partial charge in [0, 0.05) is 23.9 Å². The Bertz CT molecular complexity index is 685. The number of benzene rings is 1. The van der Waals surface area contributed by atoms with Crippen LogP contribution in [-0.4, -0.2) is 30.6 Å². The fourth-order valence-corrected chi connectivity index (χ4v) is 4.90. The van der Waals surface area contributed by atoms with Crippen molar-refractivity contribution in [3.05, 3.63) is 51.2 Å². The fourth-order valence-electron chi connectivity index (χ4n) is 4.20. The van der Waals surface area contributed by atoms with Crippen molar-refractivity contribution in [3.63, 3.8) is 0 Å². The van der Waals surface area contributed by atoms with Crippen LogP contribution in [0.5, 0.6) is 5.75 Å². The topological polar surface area (TPSA) is 12.5 Å². The predicted octanol–water partition coefficient (Wildman–Crippen LogP) is 4.92. The summed E-state index contributed by atoms with van der Waals surface area (Å²) in [7, 11) is 0. The minimum Gasteiger partial charge on any atom is -0.493 e. The molecule has 1 aliphatic heterocycles. The largest absolute Gasteiger partial charge is 0.493 e. The van der Waals surface area contributed by atoms with E-state index in [1.165, 1.54) is 61.2 Å².